The molecule has 0 unspecified atom stereocenters. The number of hydrogen-bond acceptors (Lipinski definition) is 3. The molecule has 7 rings (SSSR count). The number of aromatic nitrogens is 2. The molecule has 2 heterocycles. The fraction of sp³-hybridized carbons (Fsp3) is 0.143. The normalized spacial score (nSPS) is 11.9. The molecule has 0 amide bonds. The molecular formula is C35H28N2O. The van der Waals surface area contributed by atoms with Crippen LogP contribution in [0.1, 0.15) is 36.5 Å². The van der Waals surface area contributed by atoms with Crippen LogP contribution in [0.2, 0.25) is 0 Å². The van der Waals surface area contributed by atoms with E-state index in [1.165, 1.54) is 38.6 Å². The van der Waals surface area contributed by atoms with E-state index in [1.54, 1.807) is 6.33 Å². The van der Waals surface area contributed by atoms with Gasteiger partial charge < -0.3 is 4.42 Å². The third-order valence-electron chi connectivity index (χ3n) is 7.82. The van der Waals surface area contributed by atoms with Crippen molar-refractivity contribution in [1.82, 2.24) is 9.97 Å². The first-order valence-electron chi connectivity index (χ1n) is 13.2. The van der Waals surface area contributed by atoms with E-state index in [0.29, 0.717) is 5.92 Å². The first-order chi connectivity index (χ1) is 18.5. The lowest BCUT2D eigenvalue weighted by atomic mass is 9.93. The van der Waals surface area contributed by atoms with Crippen LogP contribution in [0.15, 0.2) is 95.7 Å². The van der Waals surface area contributed by atoms with Crippen molar-refractivity contribution in [2.75, 3.05) is 0 Å². The molecule has 2 aromatic heterocycles. The van der Waals surface area contributed by atoms with Gasteiger partial charge in [0.1, 0.15) is 17.5 Å². The molecular weight excluding hydrogens is 464 g/mol. The Bertz CT molecular complexity index is 2010. The molecule has 0 radical (unpaired) electrons. The number of para-hydroxylation sites is 1. The number of hydrogen-bond donors (Lipinski definition) is 0. The number of furan rings is 1. The van der Waals surface area contributed by atoms with Crippen molar-refractivity contribution in [1.29, 1.82) is 0 Å². The minimum absolute atomic E-state index is 0.396. The van der Waals surface area contributed by atoms with Gasteiger partial charge in [0, 0.05) is 27.1 Å². The van der Waals surface area contributed by atoms with E-state index in [2.05, 4.69) is 113 Å². The van der Waals surface area contributed by atoms with Crippen LogP contribution in [0.25, 0.3) is 66.0 Å². The van der Waals surface area contributed by atoms with Crippen LogP contribution >= 0.6 is 0 Å². The average molecular weight is 493 g/mol. The van der Waals surface area contributed by atoms with Gasteiger partial charge in [0.25, 0.3) is 0 Å². The Kier molecular flexibility index (Phi) is 5.09. The molecule has 0 aliphatic heterocycles. The number of rotatable bonds is 3. The van der Waals surface area contributed by atoms with Gasteiger partial charge in [-0.05, 0) is 77.2 Å². The van der Waals surface area contributed by atoms with Crippen molar-refractivity contribution in [3.8, 4) is 22.4 Å². The Hall–Kier alpha value is -4.50. The maximum Gasteiger partial charge on any atom is 0.144 e. The van der Waals surface area contributed by atoms with Gasteiger partial charge in [-0.25, -0.2) is 9.97 Å². The zero-order valence-electron chi connectivity index (χ0n) is 22.0. The summed E-state index contributed by atoms with van der Waals surface area (Å²) in [6.45, 7) is 8.80. The summed E-state index contributed by atoms with van der Waals surface area (Å²) in [7, 11) is 0. The molecule has 0 bridgehead atoms. The Morgan fingerprint density at radius 3 is 2.29 bits per heavy atom. The quantitative estimate of drug-likeness (QED) is 0.230. The summed E-state index contributed by atoms with van der Waals surface area (Å²) in [6, 6.07) is 30.2. The van der Waals surface area contributed by atoms with Gasteiger partial charge >= 0.3 is 0 Å². The third-order valence-corrected chi connectivity index (χ3v) is 7.82. The predicted molar refractivity (Wildman–Crippen MR) is 159 cm³/mol. The summed E-state index contributed by atoms with van der Waals surface area (Å²) in [6.07, 6.45) is 1.69. The molecule has 0 aliphatic rings. The molecule has 38 heavy (non-hydrogen) atoms. The minimum Gasteiger partial charge on any atom is -0.455 e. The van der Waals surface area contributed by atoms with Crippen LogP contribution in [-0.4, -0.2) is 9.97 Å². The highest BCUT2D eigenvalue weighted by atomic mass is 16.3. The van der Waals surface area contributed by atoms with Gasteiger partial charge in [0.15, 0.2) is 0 Å². The van der Waals surface area contributed by atoms with Gasteiger partial charge in [0.2, 0.25) is 0 Å². The molecule has 0 saturated heterocycles. The standard InChI is InChI=1S/C35H28N2O/c1-20(2)25-11-6-10-23-14-17-28-33(36-19-37-34(28)32(23)25)29-13-7-12-27-26-16-15-24(18-30(26)38-35(27)29)31-21(3)8-5-9-22(31)4/h5-20H,1-4H3. The van der Waals surface area contributed by atoms with Crippen LogP contribution in [-0.2, 0) is 0 Å². The van der Waals surface area contributed by atoms with Crippen LogP contribution in [0.4, 0.5) is 0 Å². The molecule has 3 nitrogen and oxygen atoms in total. The summed E-state index contributed by atoms with van der Waals surface area (Å²) in [5.74, 6) is 0.396. The van der Waals surface area contributed by atoms with Crippen molar-refractivity contribution in [2.45, 2.75) is 33.6 Å². The maximum absolute atomic E-state index is 6.62. The first kappa shape index (κ1) is 22.7. The molecule has 0 aliphatic carbocycles. The van der Waals surface area contributed by atoms with Gasteiger partial charge in [-0.2, -0.15) is 0 Å². The molecule has 0 fully saturated rings. The van der Waals surface area contributed by atoms with Crippen molar-refractivity contribution in [2.24, 2.45) is 0 Å². The molecule has 184 valence electrons. The molecule has 5 aromatic carbocycles. The summed E-state index contributed by atoms with van der Waals surface area (Å²) in [5.41, 5.74) is 10.9. The molecule has 3 heteroatoms. The molecule has 0 saturated carbocycles. The smallest absolute Gasteiger partial charge is 0.144 e. The fourth-order valence-electron chi connectivity index (χ4n) is 6.03. The molecule has 0 atom stereocenters. The number of fused-ring (bicyclic) bond motifs is 6. The highest BCUT2D eigenvalue weighted by Gasteiger charge is 2.18. The van der Waals surface area contributed by atoms with Gasteiger partial charge in [-0.3, -0.25) is 0 Å². The van der Waals surface area contributed by atoms with Crippen molar-refractivity contribution >= 4 is 43.6 Å². The number of nitrogens with zero attached hydrogens (tertiary/aromatic N) is 2. The van der Waals surface area contributed by atoms with Gasteiger partial charge in [-0.15, -0.1) is 0 Å². The van der Waals surface area contributed by atoms with Gasteiger partial charge in [0.05, 0.1) is 11.2 Å². The van der Waals surface area contributed by atoms with E-state index in [9.17, 15) is 0 Å². The zero-order chi connectivity index (χ0) is 26.0. The monoisotopic (exact) mass is 492 g/mol. The summed E-state index contributed by atoms with van der Waals surface area (Å²) < 4.78 is 6.62. The third kappa shape index (κ3) is 3.35. The topological polar surface area (TPSA) is 38.9 Å². The van der Waals surface area contributed by atoms with Gasteiger partial charge in [-0.1, -0.05) is 74.5 Å². The number of benzene rings is 5. The molecule has 0 spiro atoms. The lowest BCUT2D eigenvalue weighted by Crippen LogP contribution is -1.94. The Balaban J connectivity index is 1.49. The first-order valence-corrected chi connectivity index (χ1v) is 13.2. The van der Waals surface area contributed by atoms with Crippen LogP contribution in [0, 0.1) is 13.8 Å². The Labute approximate surface area is 221 Å². The predicted octanol–water partition coefficient (Wildman–Crippen LogP) is 9.76. The lowest BCUT2D eigenvalue weighted by molar-refractivity contribution is 0.670. The summed E-state index contributed by atoms with van der Waals surface area (Å²) in [4.78, 5) is 9.58. The van der Waals surface area contributed by atoms with E-state index in [-0.39, 0.29) is 0 Å². The van der Waals surface area contributed by atoms with E-state index in [0.717, 1.165) is 44.1 Å². The van der Waals surface area contributed by atoms with Crippen LogP contribution < -0.4 is 0 Å². The van der Waals surface area contributed by atoms with Crippen molar-refractivity contribution in [3.05, 3.63) is 108 Å². The largest absolute Gasteiger partial charge is 0.455 e. The Morgan fingerprint density at radius 2 is 1.47 bits per heavy atom. The second-order valence-corrected chi connectivity index (χ2v) is 10.5. The zero-order valence-corrected chi connectivity index (χ0v) is 22.0. The summed E-state index contributed by atoms with van der Waals surface area (Å²) >= 11 is 0. The van der Waals surface area contributed by atoms with E-state index in [4.69, 9.17) is 14.4 Å². The van der Waals surface area contributed by atoms with E-state index >= 15 is 0 Å². The van der Waals surface area contributed by atoms with Crippen molar-refractivity contribution < 1.29 is 4.42 Å². The second kappa shape index (κ2) is 8.53. The number of aryl methyl sites for hydroxylation is 2. The molecule has 0 N–H and O–H groups in total. The fourth-order valence-corrected chi connectivity index (χ4v) is 6.03. The highest BCUT2D eigenvalue weighted by molar-refractivity contribution is 6.15. The lowest BCUT2D eigenvalue weighted by Gasteiger charge is -2.13. The SMILES string of the molecule is Cc1cccc(C)c1-c1ccc2c(c1)oc1c(-c3ncnc4c3ccc3cccc(C(C)C)c34)cccc12. The summed E-state index contributed by atoms with van der Waals surface area (Å²) in [5, 5.41) is 5.66. The minimum atomic E-state index is 0.396. The Morgan fingerprint density at radius 1 is 0.711 bits per heavy atom. The average Bonchev–Trinajstić information content (AvgIpc) is 3.30. The van der Waals surface area contributed by atoms with Crippen LogP contribution in [0.3, 0.4) is 0 Å². The highest BCUT2D eigenvalue weighted by Crippen LogP contribution is 2.40. The van der Waals surface area contributed by atoms with Crippen molar-refractivity contribution in [3.63, 3.8) is 0 Å². The van der Waals surface area contributed by atoms with E-state index < -0.39 is 0 Å². The molecule has 7 aromatic rings. The van der Waals surface area contributed by atoms with Crippen LogP contribution in [0.5, 0.6) is 0 Å². The van der Waals surface area contributed by atoms with E-state index in [1.807, 2.05) is 0 Å². The maximum atomic E-state index is 6.62. The second-order valence-electron chi connectivity index (χ2n) is 10.5.